The molecule has 5 aromatic carbocycles. The molecule has 8 rings (SSSR count). The van der Waals surface area contributed by atoms with Crippen LogP contribution >= 0.6 is 0 Å². The van der Waals surface area contributed by atoms with Crippen LogP contribution in [0, 0.1) is 23.7 Å². The molecule has 5 aromatic rings. The van der Waals surface area contributed by atoms with Crippen LogP contribution in [0.25, 0.3) is 49.2 Å². The number of phenolic OH excluding ortho intramolecular Hbond substituents is 1. The molecule has 4 N–H and O–H groups in total. The molecule has 0 unspecified atom stereocenters. The van der Waals surface area contributed by atoms with Gasteiger partial charge in [-0.15, -0.1) is 0 Å². The first kappa shape index (κ1) is 44.5. The van der Waals surface area contributed by atoms with E-state index < -0.39 is 18.6 Å². The van der Waals surface area contributed by atoms with Crippen LogP contribution in [-0.4, -0.2) is 81.6 Å². The van der Waals surface area contributed by atoms with Crippen molar-refractivity contribution in [3.05, 3.63) is 66.0 Å². The number of aromatic hydroxyl groups is 1. The number of carbonyl (C=O) groups excluding carboxylic acids is 2. The van der Waals surface area contributed by atoms with Gasteiger partial charge in [-0.05, 0) is 140 Å². The van der Waals surface area contributed by atoms with E-state index in [-0.39, 0.29) is 65.4 Å². The van der Waals surface area contributed by atoms with Crippen LogP contribution in [0.2, 0.25) is 0 Å². The predicted molar refractivity (Wildman–Crippen MR) is 242 cm³/mol. The Morgan fingerprint density at radius 2 is 1.22 bits per heavy atom. The Hall–Kier alpha value is -5.08. The van der Waals surface area contributed by atoms with Gasteiger partial charge in [-0.3, -0.25) is 19.2 Å². The Kier molecular flexibility index (Phi) is 13.4. The second-order valence-electron chi connectivity index (χ2n) is 17.9. The normalized spacial score (nSPS) is 20.1. The predicted octanol–water partition coefficient (Wildman–Crippen LogP) is 6.89. The molecule has 2 saturated carbocycles. The molecule has 3 aliphatic carbocycles. The number of fused-ring (bicyclic) bond motifs is 1. The van der Waals surface area contributed by atoms with E-state index in [1.54, 1.807) is 21.3 Å². The molecule has 0 spiro atoms. The summed E-state index contributed by atoms with van der Waals surface area (Å²) in [5, 5.41) is 42.0. The number of esters is 2. The molecule has 0 bridgehead atoms. The quantitative estimate of drug-likeness (QED) is 0.0328. The number of aliphatic hydroxyl groups is 2. The fourth-order valence-corrected chi connectivity index (χ4v) is 11.0. The smallest absolute Gasteiger partial charge is 0.309 e. The molecule has 0 saturated heterocycles. The number of hydrogen-bond donors (Lipinski definition) is 4. The number of hydrogen-bond acceptors (Lipinski definition) is 13. The lowest BCUT2D eigenvalue weighted by molar-refractivity contribution is -0.152. The van der Waals surface area contributed by atoms with Crippen LogP contribution in [0.3, 0.4) is 0 Å². The first-order valence-electron chi connectivity index (χ1n) is 22.4. The molecule has 336 valence electrons. The number of carbonyl (C=O) groups is 2. The van der Waals surface area contributed by atoms with E-state index in [2.05, 4.69) is 11.4 Å². The lowest BCUT2D eigenvalue weighted by atomic mass is 9.77. The number of allylic oxidation sites excluding steroid dienone is 1. The van der Waals surface area contributed by atoms with Gasteiger partial charge in [0.2, 0.25) is 0 Å². The Morgan fingerprint density at radius 1 is 0.683 bits per heavy atom. The molecular weight excluding hydrogens is 807 g/mol. The van der Waals surface area contributed by atoms with E-state index in [1.165, 1.54) is 12.1 Å². The molecular formula is C50H59NO12. The summed E-state index contributed by atoms with van der Waals surface area (Å²) in [4.78, 5) is 54.2. The van der Waals surface area contributed by atoms with Crippen molar-refractivity contribution < 1.29 is 48.6 Å². The van der Waals surface area contributed by atoms with Crippen molar-refractivity contribution in [1.82, 2.24) is 0 Å². The van der Waals surface area contributed by atoms with Crippen LogP contribution in [0.5, 0.6) is 11.5 Å². The fourth-order valence-electron chi connectivity index (χ4n) is 11.0. The number of rotatable bonds is 17. The second kappa shape index (κ2) is 18.9. The summed E-state index contributed by atoms with van der Waals surface area (Å²) in [6.45, 7) is 2.77. The maximum absolute atomic E-state index is 14.6. The Morgan fingerprint density at radius 3 is 1.76 bits per heavy atom. The number of ether oxygens (including phenoxy) is 5. The van der Waals surface area contributed by atoms with Crippen molar-refractivity contribution in [2.24, 2.45) is 23.7 Å². The van der Waals surface area contributed by atoms with Crippen molar-refractivity contribution >= 4 is 66.8 Å². The highest BCUT2D eigenvalue weighted by molar-refractivity contribution is 6.38. The Bertz CT molecular complexity index is 2670. The van der Waals surface area contributed by atoms with Crippen LogP contribution in [-0.2, 0) is 54.6 Å². The SMILES string of the molecule is COCCOC(=O)C1CCC(CCc2c(O)c3c(=O)cc(CO)c4c5c(CO)cc(=O)c6c(NCC7CCC(C(=O)OCCOC)CC7)c(OC)c7c(c(c2C=C(C)C7)c34)c65)CC1. The summed E-state index contributed by atoms with van der Waals surface area (Å²) in [5.41, 5.74) is 3.72. The highest BCUT2D eigenvalue weighted by Crippen LogP contribution is 2.54. The number of phenols is 1. The van der Waals surface area contributed by atoms with Crippen molar-refractivity contribution in [2.75, 3.05) is 59.6 Å². The van der Waals surface area contributed by atoms with Gasteiger partial charge in [-0.2, -0.15) is 0 Å². The van der Waals surface area contributed by atoms with Crippen molar-refractivity contribution in [1.29, 1.82) is 0 Å². The zero-order valence-electron chi connectivity index (χ0n) is 36.8. The second-order valence-corrected chi connectivity index (χ2v) is 17.9. The standard InChI is InChI=1S/C50H59NO12/c1-26-19-34-33(14-9-27-5-10-29(11-6-27)49(57)62-17-15-59-2)47(56)43-37(55)22-32(25-53)39-38-31(24-52)21-36(54)42-44(38)41(40(34)45(39)43)35(20-26)48(61-4)46(42)51-23-28-7-12-30(13-8-28)50(58)63-18-16-60-3/h19,21-22,27-30,51-53,56H,5-18,20,23-25H2,1-4H3. The summed E-state index contributed by atoms with van der Waals surface area (Å²) in [5.74, 6) is 0.188. The van der Waals surface area contributed by atoms with Gasteiger partial charge in [0.1, 0.15) is 24.7 Å². The lowest BCUT2D eigenvalue weighted by Gasteiger charge is -2.29. The molecule has 0 aliphatic heterocycles. The molecule has 3 aliphatic rings. The van der Waals surface area contributed by atoms with Crippen molar-refractivity contribution in [3.8, 4) is 11.5 Å². The van der Waals surface area contributed by atoms with Gasteiger partial charge in [0, 0.05) is 42.7 Å². The van der Waals surface area contributed by atoms with E-state index >= 15 is 0 Å². The molecule has 0 atom stereocenters. The van der Waals surface area contributed by atoms with E-state index in [0.29, 0.717) is 119 Å². The maximum atomic E-state index is 14.6. The minimum absolute atomic E-state index is 0.101. The molecule has 13 nitrogen and oxygen atoms in total. The topological polar surface area (TPSA) is 187 Å². The largest absolute Gasteiger partial charge is 0.507 e. The number of nitrogens with one attached hydrogen (secondary N) is 1. The molecule has 0 radical (unpaired) electrons. The summed E-state index contributed by atoms with van der Waals surface area (Å²) >= 11 is 0. The van der Waals surface area contributed by atoms with Gasteiger partial charge < -0.3 is 44.3 Å². The maximum Gasteiger partial charge on any atom is 0.309 e. The Labute approximate surface area is 366 Å². The van der Waals surface area contributed by atoms with E-state index in [4.69, 9.17) is 23.7 Å². The van der Waals surface area contributed by atoms with Crippen molar-refractivity contribution in [3.63, 3.8) is 0 Å². The van der Waals surface area contributed by atoms with Crippen LogP contribution in [0.4, 0.5) is 5.69 Å². The van der Waals surface area contributed by atoms with Crippen LogP contribution in [0.1, 0.15) is 92.5 Å². The number of methoxy groups -OCH3 is 3. The zero-order valence-corrected chi connectivity index (χ0v) is 36.8. The van der Waals surface area contributed by atoms with Gasteiger partial charge in [-0.1, -0.05) is 11.6 Å². The van der Waals surface area contributed by atoms with Crippen LogP contribution < -0.4 is 20.9 Å². The number of aliphatic hydroxyl groups excluding tert-OH is 2. The summed E-state index contributed by atoms with van der Waals surface area (Å²) < 4.78 is 27.2. The molecule has 0 amide bonds. The third-order valence-electron chi connectivity index (χ3n) is 14.1. The molecule has 63 heavy (non-hydrogen) atoms. The van der Waals surface area contributed by atoms with E-state index in [9.17, 15) is 34.5 Å². The third-order valence-corrected chi connectivity index (χ3v) is 14.1. The Balaban J connectivity index is 1.25. The van der Waals surface area contributed by atoms with Crippen molar-refractivity contribution in [2.45, 2.75) is 90.8 Å². The molecule has 0 aromatic heterocycles. The molecule has 0 heterocycles. The highest BCUT2D eigenvalue weighted by atomic mass is 16.6. The zero-order chi connectivity index (χ0) is 44.5. The van der Waals surface area contributed by atoms with Gasteiger partial charge >= 0.3 is 11.9 Å². The first-order chi connectivity index (χ1) is 30.5. The third kappa shape index (κ3) is 8.17. The van der Waals surface area contributed by atoms with Gasteiger partial charge in [0.15, 0.2) is 10.9 Å². The summed E-state index contributed by atoms with van der Waals surface area (Å²) in [7, 11) is 4.73. The summed E-state index contributed by atoms with van der Waals surface area (Å²) in [6, 6.07) is 2.80. The first-order valence-corrected chi connectivity index (χ1v) is 22.4. The van der Waals surface area contributed by atoms with Gasteiger partial charge in [0.05, 0.1) is 61.8 Å². The molecule has 2 fully saturated rings. The highest BCUT2D eigenvalue weighted by Gasteiger charge is 2.34. The average molecular weight is 866 g/mol. The summed E-state index contributed by atoms with van der Waals surface area (Å²) in [6.07, 6.45) is 9.75. The van der Waals surface area contributed by atoms with Gasteiger partial charge in [0.25, 0.3) is 0 Å². The van der Waals surface area contributed by atoms with Gasteiger partial charge in [-0.25, -0.2) is 0 Å². The fraction of sp³-hybridized carbons (Fsp3) is 0.520. The number of anilines is 1. The van der Waals surface area contributed by atoms with E-state index in [0.717, 1.165) is 54.2 Å². The number of benzene rings is 5. The minimum Gasteiger partial charge on any atom is -0.507 e. The minimum atomic E-state index is -0.479. The molecule has 13 heteroatoms. The van der Waals surface area contributed by atoms with E-state index in [1.807, 2.05) is 6.92 Å². The lowest BCUT2D eigenvalue weighted by Crippen LogP contribution is -2.27. The average Bonchev–Trinajstić information content (AvgIpc) is 3.44. The monoisotopic (exact) mass is 865 g/mol. The van der Waals surface area contributed by atoms with Crippen LogP contribution in [0.15, 0.2) is 27.3 Å².